The summed E-state index contributed by atoms with van der Waals surface area (Å²) in [6, 6.07) is 8.51. The third-order valence-corrected chi connectivity index (χ3v) is 4.03. The molecular formula is C17H20ClNO2. The molecule has 21 heavy (non-hydrogen) atoms. The zero-order valence-electron chi connectivity index (χ0n) is 12.2. The first-order valence-electron chi connectivity index (χ1n) is 7.45. The lowest BCUT2D eigenvalue weighted by Crippen LogP contribution is -2.14. The average Bonchev–Trinajstić information content (AvgIpc) is 3.22. The predicted molar refractivity (Wildman–Crippen MR) is 83.7 cm³/mol. The number of furan rings is 1. The highest BCUT2D eigenvalue weighted by atomic mass is 35.5. The van der Waals surface area contributed by atoms with Crippen LogP contribution in [0.2, 0.25) is 5.02 Å². The molecule has 1 aromatic carbocycles. The van der Waals surface area contributed by atoms with Crippen LogP contribution in [0.4, 0.5) is 0 Å². The van der Waals surface area contributed by atoms with Crippen molar-refractivity contribution in [1.29, 1.82) is 0 Å². The van der Waals surface area contributed by atoms with Gasteiger partial charge in [0.2, 0.25) is 0 Å². The summed E-state index contributed by atoms with van der Waals surface area (Å²) in [6.45, 7) is 3.39. The first-order valence-corrected chi connectivity index (χ1v) is 7.83. The maximum Gasteiger partial charge on any atom is 0.146 e. The van der Waals surface area contributed by atoms with Gasteiger partial charge < -0.3 is 14.5 Å². The van der Waals surface area contributed by atoms with Gasteiger partial charge in [-0.25, -0.2) is 0 Å². The van der Waals surface area contributed by atoms with Crippen molar-refractivity contribution in [3.05, 3.63) is 52.4 Å². The van der Waals surface area contributed by atoms with Crippen LogP contribution in [-0.4, -0.2) is 6.04 Å². The molecule has 1 aromatic heterocycles. The van der Waals surface area contributed by atoms with Crippen molar-refractivity contribution in [3.8, 4) is 5.75 Å². The lowest BCUT2D eigenvalue weighted by Gasteiger charge is -2.07. The third kappa shape index (κ3) is 4.02. The molecule has 0 bridgehead atoms. The Kier molecular flexibility index (Phi) is 4.51. The standard InChI is InChI=1S/C17H20ClNO2/c1-2-13-8-15(5-6-17(13)18)21-11-16-7-12(10-20-16)9-19-14-3-4-14/h5-8,10,14,19H,2-4,9,11H2,1H3. The minimum Gasteiger partial charge on any atom is -0.486 e. The molecule has 1 saturated carbocycles. The number of aryl methyl sites for hydroxylation is 1. The molecule has 0 amide bonds. The topological polar surface area (TPSA) is 34.4 Å². The van der Waals surface area contributed by atoms with E-state index in [1.807, 2.05) is 24.3 Å². The molecule has 0 aliphatic heterocycles. The highest BCUT2D eigenvalue weighted by Crippen LogP contribution is 2.24. The number of nitrogens with one attached hydrogen (secondary N) is 1. The molecule has 3 nitrogen and oxygen atoms in total. The monoisotopic (exact) mass is 305 g/mol. The predicted octanol–water partition coefficient (Wildman–Crippen LogP) is 4.33. The van der Waals surface area contributed by atoms with Crippen molar-refractivity contribution in [2.75, 3.05) is 0 Å². The fraction of sp³-hybridized carbons (Fsp3) is 0.412. The summed E-state index contributed by atoms with van der Waals surface area (Å²) in [7, 11) is 0. The molecule has 1 heterocycles. The summed E-state index contributed by atoms with van der Waals surface area (Å²) in [6.07, 6.45) is 5.29. The fourth-order valence-electron chi connectivity index (χ4n) is 2.21. The molecule has 0 saturated heterocycles. The van der Waals surface area contributed by atoms with Gasteiger partial charge in [0, 0.05) is 23.2 Å². The molecule has 1 aliphatic carbocycles. The van der Waals surface area contributed by atoms with E-state index < -0.39 is 0 Å². The van der Waals surface area contributed by atoms with Crippen molar-refractivity contribution < 1.29 is 9.15 Å². The number of hydrogen-bond donors (Lipinski definition) is 1. The van der Waals surface area contributed by atoms with E-state index in [4.69, 9.17) is 20.8 Å². The maximum absolute atomic E-state index is 6.10. The fourth-order valence-corrected chi connectivity index (χ4v) is 2.46. The van der Waals surface area contributed by atoms with Crippen LogP contribution in [0.1, 0.15) is 36.7 Å². The summed E-state index contributed by atoms with van der Waals surface area (Å²) in [5.41, 5.74) is 2.27. The van der Waals surface area contributed by atoms with Crippen LogP contribution in [-0.2, 0) is 19.6 Å². The van der Waals surface area contributed by atoms with Crippen molar-refractivity contribution >= 4 is 11.6 Å². The van der Waals surface area contributed by atoms with E-state index in [2.05, 4.69) is 12.2 Å². The Morgan fingerprint density at radius 2 is 2.19 bits per heavy atom. The quantitative estimate of drug-likeness (QED) is 0.827. The summed E-state index contributed by atoms with van der Waals surface area (Å²) >= 11 is 6.10. The molecule has 1 N–H and O–H groups in total. The van der Waals surface area contributed by atoms with E-state index in [0.29, 0.717) is 12.6 Å². The van der Waals surface area contributed by atoms with Crippen molar-refractivity contribution in [2.24, 2.45) is 0 Å². The van der Waals surface area contributed by atoms with Gasteiger partial charge in [-0.2, -0.15) is 0 Å². The number of halogens is 1. The van der Waals surface area contributed by atoms with Crippen LogP contribution < -0.4 is 10.1 Å². The molecule has 0 spiro atoms. The van der Waals surface area contributed by atoms with Crippen LogP contribution in [0.15, 0.2) is 34.9 Å². The molecule has 0 radical (unpaired) electrons. The van der Waals surface area contributed by atoms with Crippen LogP contribution in [0.5, 0.6) is 5.75 Å². The van der Waals surface area contributed by atoms with Gasteiger partial charge in [-0.15, -0.1) is 0 Å². The smallest absolute Gasteiger partial charge is 0.146 e. The van der Waals surface area contributed by atoms with E-state index in [0.717, 1.165) is 35.1 Å². The summed E-state index contributed by atoms with van der Waals surface area (Å²) in [5.74, 6) is 1.67. The van der Waals surface area contributed by atoms with Gasteiger partial charge in [0.1, 0.15) is 18.1 Å². The minimum atomic E-state index is 0.439. The maximum atomic E-state index is 6.10. The molecular weight excluding hydrogens is 286 g/mol. The Hall–Kier alpha value is -1.45. The van der Waals surface area contributed by atoms with Crippen LogP contribution in [0.25, 0.3) is 0 Å². The molecule has 3 rings (SSSR count). The first kappa shape index (κ1) is 14.5. The van der Waals surface area contributed by atoms with Crippen molar-refractivity contribution in [1.82, 2.24) is 5.32 Å². The Balaban J connectivity index is 1.54. The van der Waals surface area contributed by atoms with Crippen molar-refractivity contribution in [3.63, 3.8) is 0 Å². The van der Waals surface area contributed by atoms with E-state index in [-0.39, 0.29) is 0 Å². The second-order valence-electron chi connectivity index (χ2n) is 5.47. The SMILES string of the molecule is CCc1cc(OCc2cc(CNC3CC3)co2)ccc1Cl. The molecule has 0 unspecified atom stereocenters. The summed E-state index contributed by atoms with van der Waals surface area (Å²) in [5, 5.41) is 4.25. The molecule has 0 atom stereocenters. The van der Waals surface area contributed by atoms with Gasteiger partial charge >= 0.3 is 0 Å². The normalized spacial score (nSPS) is 14.4. The van der Waals surface area contributed by atoms with E-state index >= 15 is 0 Å². The zero-order chi connectivity index (χ0) is 14.7. The van der Waals surface area contributed by atoms with E-state index in [1.54, 1.807) is 6.26 Å². The van der Waals surface area contributed by atoms with Crippen molar-refractivity contribution in [2.45, 2.75) is 45.4 Å². The number of hydrogen-bond acceptors (Lipinski definition) is 3. The Bertz CT molecular complexity index is 605. The molecule has 2 aromatic rings. The molecule has 4 heteroatoms. The van der Waals surface area contributed by atoms with Crippen LogP contribution >= 0.6 is 11.6 Å². The highest BCUT2D eigenvalue weighted by Gasteiger charge is 2.20. The minimum absolute atomic E-state index is 0.439. The number of benzene rings is 1. The largest absolute Gasteiger partial charge is 0.486 e. The van der Waals surface area contributed by atoms with Gasteiger partial charge in [0.25, 0.3) is 0 Å². The Labute approximate surface area is 130 Å². The molecule has 1 aliphatic rings. The number of rotatable bonds is 7. The lowest BCUT2D eigenvalue weighted by molar-refractivity contribution is 0.270. The summed E-state index contributed by atoms with van der Waals surface area (Å²) < 4.78 is 11.3. The lowest BCUT2D eigenvalue weighted by atomic mass is 10.1. The second-order valence-corrected chi connectivity index (χ2v) is 5.88. The van der Waals surface area contributed by atoms with Gasteiger partial charge in [-0.3, -0.25) is 0 Å². The Morgan fingerprint density at radius 3 is 2.95 bits per heavy atom. The molecule has 1 fully saturated rings. The average molecular weight is 306 g/mol. The van der Waals surface area contributed by atoms with E-state index in [1.165, 1.54) is 18.4 Å². The molecule has 112 valence electrons. The van der Waals surface area contributed by atoms with Gasteiger partial charge in [0.15, 0.2) is 0 Å². The van der Waals surface area contributed by atoms with Crippen LogP contribution in [0, 0.1) is 0 Å². The number of ether oxygens (including phenoxy) is 1. The third-order valence-electron chi connectivity index (χ3n) is 3.66. The summed E-state index contributed by atoms with van der Waals surface area (Å²) in [4.78, 5) is 0. The Morgan fingerprint density at radius 1 is 1.33 bits per heavy atom. The first-order chi connectivity index (χ1) is 10.2. The highest BCUT2D eigenvalue weighted by molar-refractivity contribution is 6.31. The van der Waals surface area contributed by atoms with Crippen LogP contribution in [0.3, 0.4) is 0 Å². The van der Waals surface area contributed by atoms with E-state index in [9.17, 15) is 0 Å². The van der Waals surface area contributed by atoms with Gasteiger partial charge in [-0.1, -0.05) is 18.5 Å². The van der Waals surface area contributed by atoms with Gasteiger partial charge in [0.05, 0.1) is 6.26 Å². The second kappa shape index (κ2) is 6.54. The zero-order valence-corrected chi connectivity index (χ0v) is 13.0. The van der Waals surface area contributed by atoms with Gasteiger partial charge in [-0.05, 0) is 49.1 Å².